The molecule has 28 heavy (non-hydrogen) atoms. The molecular weight excluding hydrogens is 350 g/mol. The van der Waals surface area contributed by atoms with Gasteiger partial charge < -0.3 is 19.9 Å². The van der Waals surface area contributed by atoms with Crippen molar-refractivity contribution in [3.8, 4) is 11.5 Å². The summed E-state index contributed by atoms with van der Waals surface area (Å²) in [5, 5.41) is 12.7. The van der Waals surface area contributed by atoms with E-state index in [1.54, 1.807) is 0 Å². The molecule has 0 aromatic heterocycles. The molecule has 2 aromatic rings. The van der Waals surface area contributed by atoms with E-state index in [2.05, 4.69) is 43.4 Å². The maximum Gasteiger partial charge on any atom is 0.163 e. The number of anilines is 1. The molecule has 1 aliphatic rings. The van der Waals surface area contributed by atoms with E-state index in [0.717, 1.165) is 23.8 Å². The normalized spacial score (nSPS) is 19.2. The van der Waals surface area contributed by atoms with E-state index >= 15 is 0 Å². The van der Waals surface area contributed by atoms with E-state index in [1.807, 2.05) is 18.2 Å². The Balaban J connectivity index is 1.63. The van der Waals surface area contributed by atoms with Crippen LogP contribution in [0.4, 0.5) is 5.69 Å². The van der Waals surface area contributed by atoms with Gasteiger partial charge in [0.05, 0.1) is 13.2 Å². The highest BCUT2D eigenvalue weighted by molar-refractivity contribution is 5.55. The van der Waals surface area contributed by atoms with E-state index in [4.69, 9.17) is 14.6 Å². The summed E-state index contributed by atoms with van der Waals surface area (Å²) in [5.74, 6) is 2.25. The smallest absolute Gasteiger partial charge is 0.163 e. The maximum atomic E-state index is 9.08. The minimum atomic E-state index is -0.0109. The second-order valence-electron chi connectivity index (χ2n) is 7.92. The molecule has 2 N–H and O–H groups in total. The average Bonchev–Trinajstić information content (AvgIpc) is 2.69. The van der Waals surface area contributed by atoms with Gasteiger partial charge in [0, 0.05) is 24.2 Å². The first-order valence-corrected chi connectivity index (χ1v) is 10.5. The lowest BCUT2D eigenvalue weighted by molar-refractivity contribution is 0.193. The Bertz CT molecular complexity index is 738. The van der Waals surface area contributed by atoms with Crippen molar-refractivity contribution in [1.29, 1.82) is 0 Å². The van der Waals surface area contributed by atoms with Crippen molar-refractivity contribution in [3.63, 3.8) is 0 Å². The van der Waals surface area contributed by atoms with Gasteiger partial charge in [0.25, 0.3) is 0 Å². The Labute approximate surface area is 168 Å². The van der Waals surface area contributed by atoms with Crippen LogP contribution in [0.1, 0.15) is 43.7 Å². The van der Waals surface area contributed by atoms with E-state index < -0.39 is 0 Å². The van der Waals surface area contributed by atoms with Gasteiger partial charge in [-0.1, -0.05) is 36.8 Å². The van der Waals surface area contributed by atoms with Crippen molar-refractivity contribution in [1.82, 2.24) is 0 Å². The Morgan fingerprint density at radius 3 is 2.50 bits per heavy atom. The molecule has 1 fully saturated rings. The van der Waals surface area contributed by atoms with Crippen LogP contribution in [0.5, 0.6) is 11.5 Å². The van der Waals surface area contributed by atoms with Crippen molar-refractivity contribution >= 4 is 5.69 Å². The predicted octanol–water partition coefficient (Wildman–Crippen LogP) is 4.98. The van der Waals surface area contributed by atoms with E-state index in [-0.39, 0.29) is 13.2 Å². The van der Waals surface area contributed by atoms with Crippen LogP contribution in [0.15, 0.2) is 42.5 Å². The molecule has 1 saturated carbocycles. The number of hydrogen-bond donors (Lipinski definition) is 2. The van der Waals surface area contributed by atoms with Gasteiger partial charge in [-0.15, -0.1) is 0 Å². The second-order valence-corrected chi connectivity index (χ2v) is 7.92. The van der Waals surface area contributed by atoms with Crippen LogP contribution in [0.3, 0.4) is 0 Å². The topological polar surface area (TPSA) is 50.7 Å². The van der Waals surface area contributed by atoms with Crippen LogP contribution in [0, 0.1) is 12.8 Å². The number of aryl methyl sites for hydroxylation is 1. The zero-order valence-electron chi connectivity index (χ0n) is 17.1. The summed E-state index contributed by atoms with van der Waals surface area (Å²) in [4.78, 5) is 0. The fraction of sp³-hybridized carbons (Fsp3) is 0.500. The number of aliphatic hydroxyl groups excluding tert-OH is 1. The Morgan fingerprint density at radius 1 is 0.964 bits per heavy atom. The Hall–Kier alpha value is -2.20. The van der Waals surface area contributed by atoms with Gasteiger partial charge in [0.2, 0.25) is 0 Å². The molecule has 0 aliphatic heterocycles. The average molecular weight is 384 g/mol. The molecule has 4 nitrogen and oxygen atoms in total. The third kappa shape index (κ3) is 6.16. The quantitative estimate of drug-likeness (QED) is 0.641. The van der Waals surface area contributed by atoms with E-state index in [9.17, 15) is 0 Å². The van der Waals surface area contributed by atoms with Gasteiger partial charge >= 0.3 is 0 Å². The van der Waals surface area contributed by atoms with Crippen molar-refractivity contribution in [3.05, 3.63) is 53.6 Å². The summed E-state index contributed by atoms with van der Waals surface area (Å²) >= 11 is 0. The Kier molecular flexibility index (Phi) is 7.61. The van der Waals surface area contributed by atoms with Crippen molar-refractivity contribution in [2.75, 3.05) is 25.1 Å². The van der Waals surface area contributed by atoms with Gasteiger partial charge in [-0.25, -0.2) is 0 Å². The van der Waals surface area contributed by atoms with Crippen molar-refractivity contribution in [2.24, 2.45) is 5.92 Å². The summed E-state index contributed by atoms with van der Waals surface area (Å²) in [6.45, 7) is 5.28. The molecule has 0 atom stereocenters. The highest BCUT2D eigenvalue weighted by Crippen LogP contribution is 2.33. The van der Waals surface area contributed by atoms with Crippen LogP contribution in [0.2, 0.25) is 0 Å². The molecule has 0 spiro atoms. The van der Waals surface area contributed by atoms with E-state index in [1.165, 1.54) is 36.8 Å². The van der Waals surface area contributed by atoms with Gasteiger partial charge in [-0.2, -0.15) is 0 Å². The highest BCUT2D eigenvalue weighted by Gasteiger charge is 2.18. The highest BCUT2D eigenvalue weighted by atomic mass is 16.5. The third-order valence-electron chi connectivity index (χ3n) is 5.41. The molecular formula is C24H33NO3. The lowest BCUT2D eigenvalue weighted by atomic mass is 9.87. The number of benzene rings is 2. The fourth-order valence-corrected chi connectivity index (χ4v) is 3.77. The number of nitrogens with one attached hydrogen (secondary N) is 1. The molecule has 4 heteroatoms. The molecule has 2 aromatic carbocycles. The minimum Gasteiger partial charge on any atom is -0.489 e. The molecule has 3 rings (SSSR count). The third-order valence-corrected chi connectivity index (χ3v) is 5.41. The first-order valence-electron chi connectivity index (χ1n) is 10.5. The maximum absolute atomic E-state index is 9.08. The molecule has 1 aliphatic carbocycles. The number of rotatable bonds is 9. The van der Waals surface area contributed by atoms with Crippen LogP contribution < -0.4 is 14.8 Å². The molecule has 152 valence electrons. The van der Waals surface area contributed by atoms with Gasteiger partial charge in [-0.05, 0) is 56.2 Å². The van der Waals surface area contributed by atoms with Gasteiger partial charge in [0.15, 0.2) is 11.5 Å². The molecule has 0 unspecified atom stereocenters. The van der Waals surface area contributed by atoms with Crippen LogP contribution in [-0.2, 0) is 6.42 Å². The first-order chi connectivity index (χ1) is 13.6. The monoisotopic (exact) mass is 383 g/mol. The first kappa shape index (κ1) is 20.5. The zero-order chi connectivity index (χ0) is 19.8. The van der Waals surface area contributed by atoms with Crippen LogP contribution in [-0.4, -0.2) is 31.0 Å². The summed E-state index contributed by atoms with van der Waals surface area (Å²) in [7, 11) is 0. The van der Waals surface area contributed by atoms with Crippen LogP contribution in [0.25, 0.3) is 0 Å². The summed E-state index contributed by atoms with van der Waals surface area (Å²) in [6, 6.07) is 15.0. The van der Waals surface area contributed by atoms with Crippen molar-refractivity contribution < 1.29 is 14.6 Å². The molecule has 0 radical (unpaired) electrons. The van der Waals surface area contributed by atoms with E-state index in [0.29, 0.717) is 18.4 Å². The summed E-state index contributed by atoms with van der Waals surface area (Å²) < 4.78 is 11.7. The molecule has 0 amide bonds. The fourth-order valence-electron chi connectivity index (χ4n) is 3.77. The molecule has 0 heterocycles. The lowest BCUT2D eigenvalue weighted by Gasteiger charge is -2.28. The minimum absolute atomic E-state index is 0.0109. The summed E-state index contributed by atoms with van der Waals surface area (Å²) in [6.07, 6.45) is 5.85. The number of ether oxygens (including phenoxy) is 2. The largest absolute Gasteiger partial charge is 0.489 e. The van der Waals surface area contributed by atoms with Gasteiger partial charge in [0.1, 0.15) is 6.61 Å². The molecule has 0 bridgehead atoms. The van der Waals surface area contributed by atoms with Gasteiger partial charge in [-0.3, -0.25) is 0 Å². The predicted molar refractivity (Wildman–Crippen MR) is 114 cm³/mol. The number of hydrogen-bond acceptors (Lipinski definition) is 4. The zero-order valence-corrected chi connectivity index (χ0v) is 17.1. The van der Waals surface area contributed by atoms with Crippen molar-refractivity contribution in [2.45, 2.75) is 52.0 Å². The SMILES string of the molecule is Cc1cccc(CCOc2cc(NC3CCC(C)CC3)ccc2OCCO)c1. The summed E-state index contributed by atoms with van der Waals surface area (Å²) in [5.41, 5.74) is 3.60. The lowest BCUT2D eigenvalue weighted by Crippen LogP contribution is -2.25. The Morgan fingerprint density at radius 2 is 1.75 bits per heavy atom. The second kappa shape index (κ2) is 10.4. The standard InChI is InChI=1S/C24H33NO3/c1-18-6-8-21(9-7-18)25-22-10-11-23(28-15-13-26)24(17-22)27-14-12-20-5-3-4-19(2)16-20/h3-5,10-11,16-18,21,25-26H,6-9,12-15H2,1-2H3. The molecule has 0 saturated heterocycles. The van der Waals surface area contributed by atoms with Crippen LogP contribution >= 0.6 is 0 Å². The number of aliphatic hydroxyl groups is 1.